The second-order valence-electron chi connectivity index (χ2n) is 5.45. The summed E-state index contributed by atoms with van der Waals surface area (Å²) in [6, 6.07) is 0.790. The van der Waals surface area contributed by atoms with E-state index in [0.29, 0.717) is 5.69 Å². The molecule has 4 nitrogen and oxygen atoms in total. The van der Waals surface area contributed by atoms with E-state index in [2.05, 4.69) is 14.6 Å². The van der Waals surface area contributed by atoms with Crippen LogP contribution >= 0.6 is 11.5 Å². The van der Waals surface area contributed by atoms with Crippen molar-refractivity contribution in [1.29, 1.82) is 0 Å². The van der Waals surface area contributed by atoms with Crippen LogP contribution in [-0.2, 0) is 11.6 Å². The second-order valence-corrected chi connectivity index (χ2v) is 6.20. The van der Waals surface area contributed by atoms with Crippen LogP contribution in [-0.4, -0.2) is 20.4 Å². The summed E-state index contributed by atoms with van der Waals surface area (Å²) >= 11 is 0.793. The van der Waals surface area contributed by atoms with Gasteiger partial charge < -0.3 is 0 Å². The normalized spacial score (nSPS) is 12.5. The lowest BCUT2D eigenvalue weighted by Crippen LogP contribution is -2.19. The van der Waals surface area contributed by atoms with Crippen molar-refractivity contribution in [2.75, 3.05) is 0 Å². The van der Waals surface area contributed by atoms with Gasteiger partial charge in [0.25, 0.3) is 0 Å². The molecule has 2 aromatic heterocycles. The van der Waals surface area contributed by atoms with E-state index in [-0.39, 0.29) is 4.88 Å². The number of aromatic nitrogens is 3. The average molecular weight is 315 g/mol. The Morgan fingerprint density at radius 2 is 1.90 bits per heavy atom. The van der Waals surface area contributed by atoms with Crippen molar-refractivity contribution < 1.29 is 18.0 Å². The molecule has 0 saturated carbocycles. The largest absolute Gasteiger partial charge is 0.417 e. The molecule has 0 aromatic carbocycles. The third-order valence-electron chi connectivity index (χ3n) is 2.78. The summed E-state index contributed by atoms with van der Waals surface area (Å²) in [5.41, 5.74) is -1.59. The number of ketones is 1. The minimum atomic E-state index is -4.62. The maximum atomic E-state index is 13.0. The van der Waals surface area contributed by atoms with Gasteiger partial charge in [0.1, 0.15) is 4.88 Å². The van der Waals surface area contributed by atoms with Gasteiger partial charge in [0.2, 0.25) is 5.78 Å². The summed E-state index contributed by atoms with van der Waals surface area (Å²) in [4.78, 5) is 16.2. The maximum absolute atomic E-state index is 13.0. The van der Waals surface area contributed by atoms with E-state index in [1.54, 1.807) is 0 Å². The van der Waals surface area contributed by atoms with Crippen molar-refractivity contribution in [1.82, 2.24) is 14.6 Å². The zero-order valence-corrected chi connectivity index (χ0v) is 12.3. The van der Waals surface area contributed by atoms with Gasteiger partial charge >= 0.3 is 6.18 Å². The quantitative estimate of drug-likeness (QED) is 0.796. The standard InChI is InChI=1S/C13H12F3N3OS/c1-12(2,3)11-10(21-19-18-11)9(20)7-6-17-5-4-8(7)13(14,15)16/h4-6H,1-3H3. The van der Waals surface area contributed by atoms with E-state index >= 15 is 0 Å². The van der Waals surface area contributed by atoms with Gasteiger partial charge in [0.05, 0.1) is 16.8 Å². The first-order valence-corrected chi connectivity index (χ1v) is 6.78. The number of nitrogens with zero attached hydrogens (tertiary/aromatic N) is 3. The highest BCUT2D eigenvalue weighted by molar-refractivity contribution is 7.08. The molecule has 0 atom stereocenters. The summed E-state index contributed by atoms with van der Waals surface area (Å²) < 4.78 is 42.6. The summed E-state index contributed by atoms with van der Waals surface area (Å²) in [6.07, 6.45) is -2.68. The number of hydrogen-bond donors (Lipinski definition) is 0. The second kappa shape index (κ2) is 5.18. The summed E-state index contributed by atoms with van der Waals surface area (Å²) in [5, 5.41) is 3.87. The highest BCUT2D eigenvalue weighted by atomic mass is 32.1. The van der Waals surface area contributed by atoms with Crippen molar-refractivity contribution in [3.63, 3.8) is 0 Å². The third-order valence-corrected chi connectivity index (χ3v) is 3.50. The van der Waals surface area contributed by atoms with Crippen LogP contribution in [0.2, 0.25) is 0 Å². The number of alkyl halides is 3. The van der Waals surface area contributed by atoms with Gasteiger partial charge in [-0.05, 0) is 17.6 Å². The topological polar surface area (TPSA) is 55.7 Å². The first kappa shape index (κ1) is 15.6. The van der Waals surface area contributed by atoms with Crippen LogP contribution in [0.25, 0.3) is 0 Å². The smallest absolute Gasteiger partial charge is 0.287 e. The van der Waals surface area contributed by atoms with Crippen molar-refractivity contribution in [3.05, 3.63) is 40.2 Å². The van der Waals surface area contributed by atoms with Crippen molar-refractivity contribution in [2.24, 2.45) is 0 Å². The first-order valence-electron chi connectivity index (χ1n) is 6.01. The van der Waals surface area contributed by atoms with Gasteiger partial charge in [-0.1, -0.05) is 25.3 Å². The molecule has 0 aliphatic rings. The Morgan fingerprint density at radius 3 is 2.48 bits per heavy atom. The van der Waals surface area contributed by atoms with Gasteiger partial charge in [0, 0.05) is 17.8 Å². The van der Waals surface area contributed by atoms with Crippen molar-refractivity contribution >= 4 is 17.3 Å². The number of carbonyl (C=O) groups excluding carboxylic acids is 1. The molecule has 2 rings (SSSR count). The minimum absolute atomic E-state index is 0.112. The van der Waals surface area contributed by atoms with Gasteiger partial charge in [-0.25, -0.2) is 0 Å². The Hall–Kier alpha value is -1.83. The van der Waals surface area contributed by atoms with Gasteiger partial charge in [0.15, 0.2) is 0 Å². The van der Waals surface area contributed by atoms with Crippen LogP contribution in [0, 0.1) is 0 Å². The predicted molar refractivity (Wildman–Crippen MR) is 71.3 cm³/mol. The molecule has 0 saturated heterocycles. The minimum Gasteiger partial charge on any atom is -0.287 e. The average Bonchev–Trinajstić information content (AvgIpc) is 2.86. The monoisotopic (exact) mass is 315 g/mol. The lowest BCUT2D eigenvalue weighted by molar-refractivity contribution is -0.137. The van der Waals surface area contributed by atoms with Crippen LogP contribution in [0.4, 0.5) is 13.2 Å². The Labute approximate surface area is 123 Å². The van der Waals surface area contributed by atoms with Crippen LogP contribution in [0.3, 0.4) is 0 Å². The third kappa shape index (κ3) is 3.10. The molecule has 0 spiro atoms. The first-order chi connectivity index (χ1) is 9.62. The molecular weight excluding hydrogens is 303 g/mol. The molecule has 8 heteroatoms. The molecule has 0 unspecified atom stereocenters. The molecule has 0 fully saturated rings. The highest BCUT2D eigenvalue weighted by Crippen LogP contribution is 2.34. The molecule has 0 radical (unpaired) electrons. The number of carbonyl (C=O) groups is 1. The van der Waals surface area contributed by atoms with Gasteiger partial charge in [-0.2, -0.15) is 13.2 Å². The fourth-order valence-electron chi connectivity index (χ4n) is 1.78. The summed E-state index contributed by atoms with van der Waals surface area (Å²) in [5.74, 6) is -0.754. The SMILES string of the molecule is CC(C)(C)c1nnsc1C(=O)c1cnccc1C(F)(F)F. The number of hydrogen-bond acceptors (Lipinski definition) is 5. The van der Waals surface area contributed by atoms with Gasteiger partial charge in [-0.3, -0.25) is 9.78 Å². The van der Waals surface area contributed by atoms with E-state index < -0.39 is 28.5 Å². The molecule has 21 heavy (non-hydrogen) atoms. The van der Waals surface area contributed by atoms with Crippen LogP contribution in [0.1, 0.15) is 47.3 Å². The fraction of sp³-hybridized carbons (Fsp3) is 0.385. The summed E-state index contributed by atoms with van der Waals surface area (Å²) in [6.45, 7) is 5.44. The van der Waals surface area contributed by atoms with E-state index in [1.165, 1.54) is 0 Å². The Bertz CT molecular complexity index is 674. The van der Waals surface area contributed by atoms with E-state index in [1.807, 2.05) is 20.8 Å². The molecule has 2 aromatic rings. The number of pyridine rings is 1. The van der Waals surface area contributed by atoms with Crippen molar-refractivity contribution in [2.45, 2.75) is 32.4 Å². The van der Waals surface area contributed by atoms with E-state index in [0.717, 1.165) is 30.0 Å². The van der Waals surface area contributed by atoms with E-state index in [4.69, 9.17) is 0 Å². The summed E-state index contributed by atoms with van der Waals surface area (Å²) in [7, 11) is 0. The fourth-order valence-corrected chi connectivity index (χ4v) is 2.61. The van der Waals surface area contributed by atoms with Crippen LogP contribution in [0.15, 0.2) is 18.5 Å². The molecule has 0 bridgehead atoms. The lowest BCUT2D eigenvalue weighted by Gasteiger charge is -2.16. The number of rotatable bonds is 2. The molecule has 0 aliphatic carbocycles. The molecule has 0 amide bonds. The molecule has 0 aliphatic heterocycles. The van der Waals surface area contributed by atoms with Gasteiger partial charge in [-0.15, -0.1) is 5.10 Å². The highest BCUT2D eigenvalue weighted by Gasteiger charge is 2.37. The van der Waals surface area contributed by atoms with Crippen LogP contribution < -0.4 is 0 Å². The lowest BCUT2D eigenvalue weighted by atomic mass is 9.89. The maximum Gasteiger partial charge on any atom is 0.417 e. The Balaban J connectivity index is 2.55. The molecule has 2 heterocycles. The predicted octanol–water partition coefficient (Wildman–Crippen LogP) is 3.48. The Morgan fingerprint density at radius 1 is 1.24 bits per heavy atom. The van der Waals surface area contributed by atoms with Crippen LogP contribution in [0.5, 0.6) is 0 Å². The zero-order chi connectivity index (χ0) is 15.8. The van der Waals surface area contributed by atoms with Crippen molar-refractivity contribution in [3.8, 4) is 0 Å². The zero-order valence-electron chi connectivity index (χ0n) is 11.5. The number of halogens is 3. The molecular formula is C13H12F3N3OS. The molecule has 0 N–H and O–H groups in total. The Kier molecular flexibility index (Phi) is 3.83. The van der Waals surface area contributed by atoms with E-state index in [9.17, 15) is 18.0 Å². The molecule has 112 valence electrons.